The molecular weight excluding hydrogens is 316 g/mol. The Labute approximate surface area is 145 Å². The third kappa shape index (κ3) is 4.54. The Morgan fingerprint density at radius 1 is 1.24 bits per heavy atom. The predicted molar refractivity (Wildman–Crippen MR) is 96.1 cm³/mol. The molecule has 0 aliphatic heterocycles. The van der Waals surface area contributed by atoms with E-state index in [4.69, 9.17) is 0 Å². The molecule has 1 heterocycles. The molecule has 0 spiro atoms. The molecule has 2 aromatic carbocycles. The van der Waals surface area contributed by atoms with Crippen LogP contribution in [0.5, 0.6) is 5.75 Å². The first kappa shape index (κ1) is 16.4. The van der Waals surface area contributed by atoms with Gasteiger partial charge in [0, 0.05) is 6.08 Å². The van der Waals surface area contributed by atoms with Crippen molar-refractivity contribution in [3.63, 3.8) is 0 Å². The van der Waals surface area contributed by atoms with Crippen molar-refractivity contribution in [1.29, 1.82) is 0 Å². The summed E-state index contributed by atoms with van der Waals surface area (Å²) in [6.45, 7) is 2.48. The minimum absolute atomic E-state index is 0.0376. The molecule has 3 rings (SSSR count). The first-order valence-electron chi connectivity index (χ1n) is 7.83. The summed E-state index contributed by atoms with van der Waals surface area (Å²) in [5, 5.41) is 20.5. The Balaban J connectivity index is 1.61. The minimum Gasteiger partial charge on any atom is -0.506 e. The monoisotopic (exact) mass is 334 g/mol. The van der Waals surface area contributed by atoms with E-state index in [9.17, 15) is 9.90 Å². The molecule has 0 fully saturated rings. The van der Waals surface area contributed by atoms with Crippen LogP contribution in [-0.2, 0) is 11.3 Å². The largest absolute Gasteiger partial charge is 0.506 e. The van der Waals surface area contributed by atoms with Gasteiger partial charge in [-0.2, -0.15) is 0 Å². The van der Waals surface area contributed by atoms with E-state index in [2.05, 4.69) is 15.6 Å². The minimum atomic E-state index is -0.350. The number of rotatable bonds is 5. The zero-order valence-corrected chi connectivity index (χ0v) is 13.8. The number of aromatic hydroxyl groups is 1. The van der Waals surface area contributed by atoms with Gasteiger partial charge in [0.05, 0.1) is 18.4 Å². The van der Waals surface area contributed by atoms with Crippen LogP contribution in [0.2, 0.25) is 0 Å². The maximum atomic E-state index is 12.0. The highest BCUT2D eigenvalue weighted by Gasteiger charge is 2.04. The molecular formula is C19H18N4O2. The molecule has 126 valence electrons. The number of carbonyl (C=O) groups is 1. The highest BCUT2D eigenvalue weighted by atomic mass is 16.3. The summed E-state index contributed by atoms with van der Waals surface area (Å²) in [5.74, 6) is -0.313. The van der Waals surface area contributed by atoms with Crippen molar-refractivity contribution in [3.8, 4) is 5.75 Å². The fourth-order valence-electron chi connectivity index (χ4n) is 2.32. The lowest BCUT2D eigenvalue weighted by molar-refractivity contribution is -0.111. The standard InChI is InChI=1S/C19H18N4O2/c1-14-7-9-17(18(24)11-14)20-19(25)10-8-16-13-23(22-21-16)12-15-5-3-2-4-6-15/h2-11,13,24H,12H2,1H3,(H,20,25). The maximum absolute atomic E-state index is 12.0. The van der Waals surface area contributed by atoms with E-state index in [1.54, 1.807) is 29.1 Å². The smallest absolute Gasteiger partial charge is 0.248 e. The number of hydrogen-bond acceptors (Lipinski definition) is 4. The molecule has 0 radical (unpaired) electrons. The Bertz CT molecular complexity index is 901. The SMILES string of the molecule is Cc1ccc(NC(=O)C=Cc2cn(Cc3ccccc3)nn2)c(O)c1. The van der Waals surface area contributed by atoms with Gasteiger partial charge in [-0.3, -0.25) is 4.79 Å². The van der Waals surface area contributed by atoms with Crippen LogP contribution in [0.25, 0.3) is 6.08 Å². The van der Waals surface area contributed by atoms with Crippen LogP contribution in [0, 0.1) is 6.92 Å². The van der Waals surface area contributed by atoms with Crippen molar-refractivity contribution in [3.05, 3.63) is 77.6 Å². The molecule has 0 unspecified atom stereocenters. The van der Waals surface area contributed by atoms with Gasteiger partial charge in [0.1, 0.15) is 11.4 Å². The fourth-order valence-corrected chi connectivity index (χ4v) is 2.32. The molecule has 0 aliphatic rings. The lowest BCUT2D eigenvalue weighted by atomic mass is 10.2. The number of aryl methyl sites for hydroxylation is 1. The third-order valence-electron chi connectivity index (χ3n) is 3.56. The second kappa shape index (κ2) is 7.44. The highest BCUT2D eigenvalue weighted by molar-refractivity contribution is 6.02. The van der Waals surface area contributed by atoms with E-state index < -0.39 is 0 Å². The normalized spacial score (nSPS) is 10.9. The Hall–Kier alpha value is -3.41. The van der Waals surface area contributed by atoms with Gasteiger partial charge in [0.2, 0.25) is 5.91 Å². The van der Waals surface area contributed by atoms with Crippen molar-refractivity contribution in [2.45, 2.75) is 13.5 Å². The van der Waals surface area contributed by atoms with Crippen LogP contribution >= 0.6 is 0 Å². The van der Waals surface area contributed by atoms with Crippen LogP contribution in [-0.4, -0.2) is 26.0 Å². The van der Waals surface area contributed by atoms with Crippen LogP contribution < -0.4 is 5.32 Å². The number of benzene rings is 2. The highest BCUT2D eigenvalue weighted by Crippen LogP contribution is 2.23. The van der Waals surface area contributed by atoms with Gasteiger partial charge in [-0.05, 0) is 36.3 Å². The van der Waals surface area contributed by atoms with Crippen LogP contribution in [0.4, 0.5) is 5.69 Å². The first-order valence-corrected chi connectivity index (χ1v) is 7.83. The lowest BCUT2D eigenvalue weighted by Gasteiger charge is -2.05. The summed E-state index contributed by atoms with van der Waals surface area (Å²) >= 11 is 0. The van der Waals surface area contributed by atoms with Crippen molar-refractivity contribution in [2.75, 3.05) is 5.32 Å². The Morgan fingerprint density at radius 2 is 2.04 bits per heavy atom. The van der Waals surface area contributed by atoms with Gasteiger partial charge in [0.15, 0.2) is 0 Å². The van der Waals surface area contributed by atoms with Crippen molar-refractivity contribution in [1.82, 2.24) is 15.0 Å². The summed E-state index contributed by atoms with van der Waals surface area (Å²) < 4.78 is 1.71. The van der Waals surface area contributed by atoms with Crippen LogP contribution in [0.1, 0.15) is 16.8 Å². The lowest BCUT2D eigenvalue weighted by Crippen LogP contribution is -2.07. The number of aromatic nitrogens is 3. The van der Waals surface area contributed by atoms with E-state index in [-0.39, 0.29) is 11.7 Å². The van der Waals surface area contributed by atoms with Gasteiger partial charge in [-0.15, -0.1) is 5.10 Å². The molecule has 1 aromatic heterocycles. The predicted octanol–water partition coefficient (Wildman–Crippen LogP) is 2.99. The number of amides is 1. The average molecular weight is 334 g/mol. The van der Waals surface area contributed by atoms with Crippen LogP contribution in [0.15, 0.2) is 60.8 Å². The zero-order valence-electron chi connectivity index (χ0n) is 13.8. The van der Waals surface area contributed by atoms with Gasteiger partial charge in [-0.1, -0.05) is 41.6 Å². The van der Waals surface area contributed by atoms with E-state index in [0.717, 1.165) is 11.1 Å². The molecule has 6 heteroatoms. The summed E-state index contributed by atoms with van der Waals surface area (Å²) in [7, 11) is 0. The van der Waals surface area contributed by atoms with E-state index in [1.165, 1.54) is 6.08 Å². The second-order valence-corrected chi connectivity index (χ2v) is 5.67. The zero-order chi connectivity index (χ0) is 17.6. The second-order valence-electron chi connectivity index (χ2n) is 5.67. The molecule has 6 nitrogen and oxygen atoms in total. The number of hydrogen-bond donors (Lipinski definition) is 2. The maximum Gasteiger partial charge on any atom is 0.248 e. The molecule has 2 N–H and O–H groups in total. The molecule has 0 saturated carbocycles. The fraction of sp³-hybridized carbons (Fsp3) is 0.105. The summed E-state index contributed by atoms with van der Waals surface area (Å²) in [4.78, 5) is 12.0. The van der Waals surface area contributed by atoms with Crippen molar-refractivity contribution in [2.24, 2.45) is 0 Å². The number of nitrogens with zero attached hydrogens (tertiary/aromatic N) is 3. The van der Waals surface area contributed by atoms with E-state index >= 15 is 0 Å². The van der Waals surface area contributed by atoms with Gasteiger partial charge >= 0.3 is 0 Å². The molecule has 25 heavy (non-hydrogen) atoms. The molecule has 0 saturated heterocycles. The third-order valence-corrected chi connectivity index (χ3v) is 3.56. The number of phenols is 1. The number of nitrogens with one attached hydrogen (secondary N) is 1. The van der Waals surface area contributed by atoms with Crippen LogP contribution in [0.3, 0.4) is 0 Å². The number of carbonyl (C=O) groups excluding carboxylic acids is 1. The number of phenolic OH excluding ortho intramolecular Hbond substituents is 1. The first-order chi connectivity index (χ1) is 12.1. The van der Waals surface area contributed by atoms with Gasteiger partial charge in [-0.25, -0.2) is 4.68 Å². The molecule has 0 bridgehead atoms. The number of anilines is 1. The molecule has 3 aromatic rings. The molecule has 0 atom stereocenters. The molecule has 0 aliphatic carbocycles. The van der Waals surface area contributed by atoms with E-state index in [1.807, 2.05) is 43.3 Å². The van der Waals surface area contributed by atoms with Gasteiger partial charge < -0.3 is 10.4 Å². The topological polar surface area (TPSA) is 80.0 Å². The summed E-state index contributed by atoms with van der Waals surface area (Å²) in [6.07, 6.45) is 4.70. The molecule has 1 amide bonds. The Morgan fingerprint density at radius 3 is 2.80 bits per heavy atom. The van der Waals surface area contributed by atoms with Crippen molar-refractivity contribution >= 4 is 17.7 Å². The quantitative estimate of drug-likeness (QED) is 0.555. The van der Waals surface area contributed by atoms with Gasteiger partial charge in [0.25, 0.3) is 0 Å². The van der Waals surface area contributed by atoms with Crippen molar-refractivity contribution < 1.29 is 9.90 Å². The average Bonchev–Trinajstić information content (AvgIpc) is 3.04. The summed E-state index contributed by atoms with van der Waals surface area (Å²) in [5.41, 5.74) is 2.99. The summed E-state index contributed by atoms with van der Waals surface area (Å²) in [6, 6.07) is 15.0. The Kier molecular flexibility index (Phi) is 4.89. The van der Waals surface area contributed by atoms with E-state index in [0.29, 0.717) is 17.9 Å².